The van der Waals surface area contributed by atoms with E-state index < -0.39 is 0 Å². The fourth-order valence-corrected chi connectivity index (χ4v) is 0.498. The minimum atomic E-state index is 1.45. The average molecular weight is 235 g/mol. The third kappa shape index (κ3) is 14.0. The van der Waals surface area contributed by atoms with Crippen LogP contribution < -0.4 is 5.73 Å². The van der Waals surface area contributed by atoms with Gasteiger partial charge in [-0.2, -0.15) is 0 Å². The van der Waals surface area contributed by atoms with Gasteiger partial charge in [-0.05, 0) is 47.5 Å². The summed E-state index contributed by atoms with van der Waals surface area (Å²) < 4.78 is 0. The number of nitrogens with two attached hydrogens (primary N) is 1. The molecule has 0 amide bonds. The van der Waals surface area contributed by atoms with Crippen LogP contribution >= 0.6 is 0 Å². The van der Waals surface area contributed by atoms with E-state index in [1.807, 2.05) is 0 Å². The maximum atomic E-state index is 4.89. The predicted octanol–water partition coefficient (Wildman–Crippen LogP) is 0.116. The second-order valence-corrected chi connectivity index (χ2v) is 2.24. The molecular formula is C18H5N. The van der Waals surface area contributed by atoms with Crippen LogP contribution in [0.2, 0.25) is 0 Å². The lowest BCUT2D eigenvalue weighted by Gasteiger charge is -1.56. The summed E-state index contributed by atoms with van der Waals surface area (Å²) in [7, 11) is 0. The van der Waals surface area contributed by atoms with Crippen LogP contribution in [0.4, 0.5) is 0 Å². The smallest absolute Gasteiger partial charge is 0.0160 e. The van der Waals surface area contributed by atoms with Crippen molar-refractivity contribution < 1.29 is 0 Å². The molecule has 0 spiro atoms. The minimum Gasteiger partial charge on any atom is -0.359 e. The van der Waals surface area contributed by atoms with Gasteiger partial charge >= 0.3 is 0 Å². The zero-order valence-electron chi connectivity index (χ0n) is 9.86. The van der Waals surface area contributed by atoms with Gasteiger partial charge in [0.2, 0.25) is 0 Å². The van der Waals surface area contributed by atoms with E-state index >= 15 is 0 Å². The molecule has 0 aliphatic carbocycles. The molecule has 0 aromatic heterocycles. The van der Waals surface area contributed by atoms with E-state index in [1.54, 1.807) is 0 Å². The molecule has 0 saturated heterocycles. The molecule has 0 bridgehead atoms. The number of allylic oxidation sites excluding steroid dienone is 1. The normalized spacial score (nSPS) is 4.00. The van der Waals surface area contributed by atoms with Gasteiger partial charge in [0.1, 0.15) is 0 Å². The topological polar surface area (TPSA) is 26.0 Å². The van der Waals surface area contributed by atoms with E-state index in [-0.39, 0.29) is 0 Å². The summed E-state index contributed by atoms with van der Waals surface area (Å²) in [6.45, 7) is 3.42. The summed E-state index contributed by atoms with van der Waals surface area (Å²) in [5.74, 6) is 37.1. The van der Waals surface area contributed by atoms with Crippen LogP contribution in [-0.2, 0) is 0 Å². The Kier molecular flexibility index (Phi) is 11.1. The first-order valence-corrected chi connectivity index (χ1v) is 4.74. The van der Waals surface area contributed by atoms with Gasteiger partial charge in [0.15, 0.2) is 0 Å². The molecule has 0 aromatic rings. The molecule has 0 unspecified atom stereocenters. The summed E-state index contributed by atoms with van der Waals surface area (Å²) in [5.41, 5.74) is 4.89. The average Bonchev–Trinajstić information content (AvgIpc) is 2.43. The Labute approximate surface area is 114 Å². The highest BCUT2D eigenvalue weighted by atomic mass is 14.4. The van der Waals surface area contributed by atoms with Crippen LogP contribution in [0, 0.1) is 94.9 Å². The van der Waals surface area contributed by atoms with Crippen molar-refractivity contribution in [3.63, 3.8) is 0 Å². The molecule has 0 rings (SSSR count). The molecule has 0 heterocycles. The van der Waals surface area contributed by atoms with Gasteiger partial charge in [0.25, 0.3) is 0 Å². The standard InChI is InChI=1S/C18H5N/c1-2-3-4-5-6-7-8-9-10-11-12-13-14-15-16-17-18-19/h2H,1,19H2. The van der Waals surface area contributed by atoms with Crippen molar-refractivity contribution in [2.24, 2.45) is 5.73 Å². The maximum absolute atomic E-state index is 4.89. The Hall–Kier alpha value is -3.98. The van der Waals surface area contributed by atoms with Crippen LogP contribution in [0.25, 0.3) is 0 Å². The fraction of sp³-hybridized carbons (Fsp3) is 0. The van der Waals surface area contributed by atoms with E-state index in [0.29, 0.717) is 0 Å². The molecule has 2 N–H and O–H groups in total. The predicted molar refractivity (Wildman–Crippen MR) is 76.6 cm³/mol. The van der Waals surface area contributed by atoms with Crippen molar-refractivity contribution in [2.45, 2.75) is 0 Å². The second-order valence-electron chi connectivity index (χ2n) is 2.24. The van der Waals surface area contributed by atoms with Crippen molar-refractivity contribution in [3.05, 3.63) is 12.7 Å². The van der Waals surface area contributed by atoms with Gasteiger partial charge in [-0.1, -0.05) is 12.5 Å². The number of hydrogen-bond acceptors (Lipinski definition) is 1. The lowest BCUT2D eigenvalue weighted by Crippen LogP contribution is -1.73. The monoisotopic (exact) mass is 235 g/mol. The Morgan fingerprint density at radius 1 is 0.526 bits per heavy atom. The molecule has 0 radical (unpaired) electrons. The summed E-state index contributed by atoms with van der Waals surface area (Å²) >= 11 is 0. The van der Waals surface area contributed by atoms with E-state index in [0.717, 1.165) is 0 Å². The van der Waals surface area contributed by atoms with Crippen molar-refractivity contribution in [3.8, 4) is 94.9 Å². The van der Waals surface area contributed by atoms with Gasteiger partial charge in [-0.25, -0.2) is 0 Å². The molecule has 19 heavy (non-hydrogen) atoms. The molecule has 0 aliphatic rings. The third-order valence-corrected chi connectivity index (χ3v) is 1.06. The Bertz CT molecular complexity index is 824. The first-order valence-electron chi connectivity index (χ1n) is 4.74. The molecule has 0 aromatic carbocycles. The third-order valence-electron chi connectivity index (χ3n) is 1.06. The van der Waals surface area contributed by atoms with Gasteiger partial charge < -0.3 is 5.73 Å². The lowest BCUT2D eigenvalue weighted by molar-refractivity contribution is 1.75. The molecular weight excluding hydrogens is 230 g/mol. The quantitative estimate of drug-likeness (QED) is 0.468. The Balaban J connectivity index is 4.30. The zero-order chi connectivity index (χ0) is 14.0. The molecule has 0 atom stereocenters. The van der Waals surface area contributed by atoms with E-state index in [4.69, 9.17) is 5.73 Å². The summed E-state index contributed by atoms with van der Waals surface area (Å²) in [5, 5.41) is 0. The van der Waals surface area contributed by atoms with Crippen LogP contribution in [0.5, 0.6) is 0 Å². The van der Waals surface area contributed by atoms with Crippen molar-refractivity contribution in [1.29, 1.82) is 0 Å². The molecule has 0 fully saturated rings. The van der Waals surface area contributed by atoms with Crippen LogP contribution in [-0.4, -0.2) is 0 Å². The largest absolute Gasteiger partial charge is 0.359 e. The first-order chi connectivity index (χ1) is 9.41. The maximum Gasteiger partial charge on any atom is 0.0160 e. The van der Waals surface area contributed by atoms with E-state index in [2.05, 4.69) is 101 Å². The van der Waals surface area contributed by atoms with Crippen molar-refractivity contribution in [1.82, 2.24) is 0 Å². The van der Waals surface area contributed by atoms with Crippen LogP contribution in [0.1, 0.15) is 0 Å². The van der Waals surface area contributed by atoms with E-state index in [9.17, 15) is 0 Å². The number of rotatable bonds is 0. The van der Waals surface area contributed by atoms with E-state index in [1.165, 1.54) is 6.08 Å². The summed E-state index contributed by atoms with van der Waals surface area (Å²) in [6, 6.07) is 2.13. The summed E-state index contributed by atoms with van der Waals surface area (Å²) in [4.78, 5) is 0. The minimum absolute atomic E-state index is 1.45. The first kappa shape index (κ1) is 15.0. The molecule has 1 nitrogen and oxygen atoms in total. The highest BCUT2D eigenvalue weighted by Gasteiger charge is 1.57. The van der Waals surface area contributed by atoms with Crippen molar-refractivity contribution in [2.75, 3.05) is 0 Å². The highest BCUT2D eigenvalue weighted by molar-refractivity contribution is 5.46. The lowest BCUT2D eigenvalue weighted by atomic mass is 10.5. The van der Waals surface area contributed by atoms with Gasteiger partial charge in [-0.15, -0.1) is 0 Å². The Morgan fingerprint density at radius 3 is 1.16 bits per heavy atom. The highest BCUT2D eigenvalue weighted by Crippen LogP contribution is 1.58. The zero-order valence-corrected chi connectivity index (χ0v) is 9.86. The number of hydrogen-bond donors (Lipinski definition) is 1. The molecule has 1 heteroatoms. The fourth-order valence-electron chi connectivity index (χ4n) is 0.498. The van der Waals surface area contributed by atoms with Gasteiger partial charge in [0.05, 0.1) is 0 Å². The van der Waals surface area contributed by atoms with Crippen LogP contribution in [0.3, 0.4) is 0 Å². The van der Waals surface area contributed by atoms with Crippen LogP contribution in [0.15, 0.2) is 12.7 Å². The van der Waals surface area contributed by atoms with Gasteiger partial charge in [-0.3, -0.25) is 0 Å². The van der Waals surface area contributed by atoms with Crippen molar-refractivity contribution >= 4 is 0 Å². The molecule has 0 saturated carbocycles. The molecule has 82 valence electrons. The SMILES string of the molecule is C=CC#CC#CC#CC#CC#CC#CC#CC#CN. The molecule has 0 aliphatic heterocycles. The summed E-state index contributed by atoms with van der Waals surface area (Å²) in [6.07, 6.45) is 1.45. The van der Waals surface area contributed by atoms with Gasteiger partial charge in [0, 0.05) is 47.5 Å². The Morgan fingerprint density at radius 2 is 0.842 bits per heavy atom. The second kappa shape index (κ2) is 14.0.